The molecule has 1 heterocycles. The summed E-state index contributed by atoms with van der Waals surface area (Å²) in [7, 11) is 1.37. The van der Waals surface area contributed by atoms with Gasteiger partial charge in [0.2, 0.25) is 0 Å². The van der Waals surface area contributed by atoms with Crippen LogP contribution < -0.4 is 10.5 Å². The van der Waals surface area contributed by atoms with Crippen LogP contribution in [0.1, 0.15) is 16.7 Å². The van der Waals surface area contributed by atoms with E-state index >= 15 is 0 Å². The molecule has 0 bridgehead atoms. The molecule has 9 heteroatoms. The number of ether oxygens (including phenoxy) is 1. The molecule has 2 aromatic carbocycles. The Morgan fingerprint density at radius 3 is 2.22 bits per heavy atom. The molecule has 1 unspecified atom stereocenters. The van der Waals surface area contributed by atoms with Crippen LogP contribution in [0.3, 0.4) is 0 Å². The molecule has 142 valence electrons. The quantitative estimate of drug-likeness (QED) is 0.828. The Morgan fingerprint density at radius 1 is 1.11 bits per heavy atom. The number of amides is 1. The number of nitrogens with two attached hydrogens (primary N) is 1. The molecule has 1 aliphatic heterocycles. The first-order chi connectivity index (χ1) is 12.6. The Hall–Kier alpha value is -3.10. The lowest BCUT2D eigenvalue weighted by Gasteiger charge is -2.27. The summed E-state index contributed by atoms with van der Waals surface area (Å²) in [6, 6.07) is 6.60. The highest BCUT2D eigenvalue weighted by molar-refractivity contribution is 6.08. The molecule has 1 amide bonds. The number of hydrogen-bond donors (Lipinski definition) is 1. The molecule has 5 nitrogen and oxygen atoms in total. The van der Waals surface area contributed by atoms with E-state index in [4.69, 9.17) is 5.73 Å². The molecule has 2 N–H and O–H groups in total. The van der Waals surface area contributed by atoms with Crippen molar-refractivity contribution in [2.24, 2.45) is 10.7 Å². The highest BCUT2D eigenvalue weighted by atomic mass is 19.3. The summed E-state index contributed by atoms with van der Waals surface area (Å²) in [5.41, 5.74) is 4.37. The van der Waals surface area contributed by atoms with E-state index in [1.807, 2.05) is 0 Å². The Balaban J connectivity index is 2.24. The van der Waals surface area contributed by atoms with E-state index in [1.165, 1.54) is 32.2 Å². The molecule has 0 fully saturated rings. The van der Waals surface area contributed by atoms with Gasteiger partial charge in [-0.05, 0) is 47.9 Å². The summed E-state index contributed by atoms with van der Waals surface area (Å²) < 4.78 is 57.0. The van der Waals surface area contributed by atoms with Crippen LogP contribution in [-0.2, 0) is 10.3 Å². The van der Waals surface area contributed by atoms with Gasteiger partial charge in [-0.2, -0.15) is 8.78 Å². The lowest BCUT2D eigenvalue weighted by atomic mass is 9.82. The zero-order valence-corrected chi connectivity index (χ0v) is 14.3. The van der Waals surface area contributed by atoms with Crippen LogP contribution in [0.15, 0.2) is 41.4 Å². The second-order valence-corrected chi connectivity index (χ2v) is 6.06. The molecular weight excluding hydrogens is 366 g/mol. The topological polar surface area (TPSA) is 67.9 Å². The third-order valence-corrected chi connectivity index (χ3v) is 4.33. The van der Waals surface area contributed by atoms with Gasteiger partial charge in [0.15, 0.2) is 11.5 Å². The zero-order valence-electron chi connectivity index (χ0n) is 14.3. The van der Waals surface area contributed by atoms with Crippen molar-refractivity contribution >= 4 is 11.9 Å². The molecule has 1 aliphatic rings. The maximum atomic E-state index is 13.8. The monoisotopic (exact) mass is 381 g/mol. The Kier molecular flexibility index (Phi) is 4.54. The Morgan fingerprint density at radius 2 is 1.74 bits per heavy atom. The van der Waals surface area contributed by atoms with Crippen LogP contribution in [0.2, 0.25) is 0 Å². The molecule has 0 aromatic heterocycles. The fourth-order valence-electron chi connectivity index (χ4n) is 3.05. The van der Waals surface area contributed by atoms with E-state index in [0.717, 1.165) is 17.0 Å². The van der Waals surface area contributed by atoms with Crippen molar-refractivity contribution in [1.29, 1.82) is 0 Å². The average Bonchev–Trinajstić information content (AvgIpc) is 2.80. The number of aliphatic imine (C=N–C) groups is 1. The molecule has 0 aliphatic carbocycles. The lowest BCUT2D eigenvalue weighted by molar-refractivity contribution is -0.129. The van der Waals surface area contributed by atoms with Crippen LogP contribution in [-0.4, -0.2) is 30.4 Å². The summed E-state index contributed by atoms with van der Waals surface area (Å²) in [6.45, 7) is -1.52. The van der Waals surface area contributed by atoms with Crippen molar-refractivity contribution in [3.8, 4) is 5.75 Å². The highest BCUT2D eigenvalue weighted by Gasteiger charge is 2.50. The van der Waals surface area contributed by atoms with Gasteiger partial charge in [0.1, 0.15) is 17.4 Å². The van der Waals surface area contributed by atoms with Gasteiger partial charge in [-0.25, -0.2) is 13.8 Å². The highest BCUT2D eigenvalue weighted by Crippen LogP contribution is 2.41. The number of hydrogen-bond acceptors (Lipinski definition) is 4. The lowest BCUT2D eigenvalue weighted by Crippen LogP contribution is -2.41. The van der Waals surface area contributed by atoms with E-state index in [1.54, 1.807) is 0 Å². The number of guanidine groups is 1. The average molecular weight is 381 g/mol. The third kappa shape index (κ3) is 3.09. The molecule has 1 atom stereocenters. The van der Waals surface area contributed by atoms with Crippen LogP contribution in [0.25, 0.3) is 0 Å². The summed E-state index contributed by atoms with van der Waals surface area (Å²) in [5.74, 6) is -2.66. The van der Waals surface area contributed by atoms with Gasteiger partial charge in [0.25, 0.3) is 5.91 Å². The molecule has 0 spiro atoms. The smallest absolute Gasteiger partial charge is 0.387 e. The predicted molar refractivity (Wildman–Crippen MR) is 89.3 cm³/mol. The molecular formula is C18H15F4N3O2. The van der Waals surface area contributed by atoms with Gasteiger partial charge in [0, 0.05) is 13.1 Å². The summed E-state index contributed by atoms with van der Waals surface area (Å²) in [4.78, 5) is 18.2. The minimum atomic E-state index is -3.02. The van der Waals surface area contributed by atoms with Crippen molar-refractivity contribution < 1.29 is 27.1 Å². The number of aryl methyl sites for hydroxylation is 1. The van der Waals surface area contributed by atoms with E-state index < -0.39 is 29.7 Å². The number of nitrogens with zero attached hydrogens (tertiary/aromatic N) is 2. The first kappa shape index (κ1) is 18.7. The minimum Gasteiger partial charge on any atom is -0.435 e. The van der Waals surface area contributed by atoms with E-state index in [0.29, 0.717) is 11.6 Å². The van der Waals surface area contributed by atoms with Crippen LogP contribution in [0.4, 0.5) is 17.6 Å². The van der Waals surface area contributed by atoms with Gasteiger partial charge in [-0.15, -0.1) is 0 Å². The SMILES string of the molecule is Cc1cc(C2(c3cc(F)cc(F)c3)N=C(N)N(C)C2=O)ccc1OC(F)F. The summed E-state index contributed by atoms with van der Waals surface area (Å²) in [6.07, 6.45) is 0. The van der Waals surface area contributed by atoms with E-state index in [9.17, 15) is 22.4 Å². The summed E-state index contributed by atoms with van der Waals surface area (Å²) >= 11 is 0. The van der Waals surface area contributed by atoms with Gasteiger partial charge in [-0.1, -0.05) is 6.07 Å². The van der Waals surface area contributed by atoms with Crippen molar-refractivity contribution in [2.45, 2.75) is 19.1 Å². The second-order valence-electron chi connectivity index (χ2n) is 6.06. The van der Waals surface area contributed by atoms with E-state index in [-0.39, 0.29) is 22.8 Å². The molecule has 0 radical (unpaired) electrons. The zero-order chi connectivity index (χ0) is 19.9. The Labute approximate surface area is 152 Å². The molecule has 3 rings (SSSR count). The van der Waals surface area contributed by atoms with Gasteiger partial charge in [0.05, 0.1) is 0 Å². The largest absolute Gasteiger partial charge is 0.435 e. The van der Waals surface area contributed by atoms with Crippen LogP contribution in [0, 0.1) is 18.6 Å². The molecule has 0 saturated heterocycles. The number of alkyl halides is 2. The van der Waals surface area contributed by atoms with Crippen molar-refractivity contribution in [1.82, 2.24) is 4.90 Å². The Bertz CT molecular complexity index is 928. The normalized spacial score (nSPS) is 19.6. The number of likely N-dealkylation sites (N-methyl/N-ethyl adjacent to an activating group) is 1. The van der Waals surface area contributed by atoms with Gasteiger partial charge < -0.3 is 10.5 Å². The van der Waals surface area contributed by atoms with Crippen LogP contribution >= 0.6 is 0 Å². The summed E-state index contributed by atoms with van der Waals surface area (Å²) in [5, 5.41) is 0. The van der Waals surface area contributed by atoms with Crippen molar-refractivity contribution in [2.75, 3.05) is 7.05 Å². The maximum Gasteiger partial charge on any atom is 0.387 e. The first-order valence-corrected chi connectivity index (χ1v) is 7.81. The number of carbonyl (C=O) groups excluding carboxylic acids is 1. The standard InChI is InChI=1S/C18H15F4N3O2/c1-9-5-10(3-4-14(9)27-16(21)22)18(15(26)25(2)17(23)24-18)11-6-12(19)8-13(20)7-11/h3-8,16H,1-2H3,(H2,23,24). The number of carbonyl (C=O) groups is 1. The van der Waals surface area contributed by atoms with Crippen LogP contribution in [0.5, 0.6) is 5.75 Å². The maximum absolute atomic E-state index is 13.8. The third-order valence-electron chi connectivity index (χ3n) is 4.33. The predicted octanol–water partition coefficient (Wildman–Crippen LogP) is 2.90. The fourth-order valence-corrected chi connectivity index (χ4v) is 3.05. The minimum absolute atomic E-state index is 0.0702. The number of halogens is 4. The van der Waals surface area contributed by atoms with E-state index in [2.05, 4.69) is 9.73 Å². The second kappa shape index (κ2) is 6.57. The van der Waals surface area contributed by atoms with Crippen molar-refractivity contribution in [3.05, 3.63) is 64.7 Å². The molecule has 0 saturated carbocycles. The number of rotatable bonds is 4. The molecule has 2 aromatic rings. The first-order valence-electron chi connectivity index (χ1n) is 7.81. The van der Waals surface area contributed by atoms with Crippen molar-refractivity contribution in [3.63, 3.8) is 0 Å². The number of benzene rings is 2. The molecule has 27 heavy (non-hydrogen) atoms. The van der Waals surface area contributed by atoms with Gasteiger partial charge in [-0.3, -0.25) is 9.69 Å². The van der Waals surface area contributed by atoms with Gasteiger partial charge >= 0.3 is 6.61 Å². The fraction of sp³-hybridized carbons (Fsp3) is 0.222.